The minimum Gasteiger partial charge on any atom is -0.369 e. The van der Waals surface area contributed by atoms with Crippen molar-refractivity contribution in [1.82, 2.24) is 4.98 Å². The lowest BCUT2D eigenvalue weighted by atomic mass is 9.93. The lowest BCUT2D eigenvalue weighted by Gasteiger charge is -2.11. The molecule has 3 nitrogen and oxygen atoms in total. The maximum Gasteiger partial charge on any atom is 0.229 e. The number of nitrogens with zero attached hydrogens (tertiary/aromatic N) is 1. The zero-order valence-electron chi connectivity index (χ0n) is 12.2. The Morgan fingerprint density at radius 1 is 0.957 bits per heavy atom. The molecule has 4 rings (SSSR count). The molecule has 0 spiro atoms. The van der Waals surface area contributed by atoms with E-state index >= 15 is 0 Å². The van der Waals surface area contributed by atoms with E-state index in [1.807, 2.05) is 42.5 Å². The van der Waals surface area contributed by atoms with Crippen molar-refractivity contribution in [2.24, 2.45) is 5.73 Å². The van der Waals surface area contributed by atoms with E-state index in [1.54, 1.807) is 6.07 Å². The fourth-order valence-electron chi connectivity index (χ4n) is 3.34. The fourth-order valence-corrected chi connectivity index (χ4v) is 3.34. The van der Waals surface area contributed by atoms with E-state index in [0.717, 1.165) is 33.4 Å². The number of amides is 1. The average molecular weight is 304 g/mol. The summed E-state index contributed by atoms with van der Waals surface area (Å²) in [7, 11) is 0. The number of fused-ring (bicyclic) bond motifs is 3. The molecule has 2 aromatic carbocycles. The second kappa shape index (κ2) is 5.02. The number of aromatic nitrogens is 1. The van der Waals surface area contributed by atoms with Crippen molar-refractivity contribution in [2.45, 2.75) is 5.92 Å². The summed E-state index contributed by atoms with van der Waals surface area (Å²) in [6.07, 6.45) is 1.51. The van der Waals surface area contributed by atoms with E-state index < -0.39 is 11.9 Å². The van der Waals surface area contributed by atoms with E-state index in [2.05, 4.69) is 4.98 Å². The van der Waals surface area contributed by atoms with Crippen LogP contribution in [0, 0.1) is 5.95 Å². The van der Waals surface area contributed by atoms with E-state index in [4.69, 9.17) is 5.73 Å². The topological polar surface area (TPSA) is 56.0 Å². The number of hydrogen-bond acceptors (Lipinski definition) is 2. The summed E-state index contributed by atoms with van der Waals surface area (Å²) in [5, 5.41) is 0. The summed E-state index contributed by atoms with van der Waals surface area (Å²) in [5.74, 6) is -1.34. The normalized spacial score (nSPS) is 15.1. The monoisotopic (exact) mass is 304 g/mol. The highest BCUT2D eigenvalue weighted by Crippen LogP contribution is 2.48. The summed E-state index contributed by atoms with van der Waals surface area (Å²) in [6.45, 7) is 0. The van der Waals surface area contributed by atoms with Crippen molar-refractivity contribution in [1.29, 1.82) is 0 Å². The minimum absolute atomic E-state index is 0.370. The number of carbonyl (C=O) groups excluding carboxylic acids is 1. The van der Waals surface area contributed by atoms with Crippen LogP contribution in [-0.2, 0) is 4.79 Å². The quantitative estimate of drug-likeness (QED) is 0.737. The number of pyridine rings is 1. The lowest BCUT2D eigenvalue weighted by molar-refractivity contribution is -0.118. The predicted octanol–water partition coefficient (Wildman–Crippen LogP) is 3.49. The molecular formula is C19H13FN2O. The Morgan fingerprint density at radius 2 is 1.70 bits per heavy atom. The molecule has 4 heteroatoms. The molecule has 0 bridgehead atoms. The molecule has 1 atom stereocenters. The molecule has 0 fully saturated rings. The lowest BCUT2D eigenvalue weighted by Crippen LogP contribution is -2.20. The predicted molar refractivity (Wildman–Crippen MR) is 86.1 cm³/mol. The van der Waals surface area contributed by atoms with Gasteiger partial charge in [0, 0.05) is 11.8 Å². The summed E-state index contributed by atoms with van der Waals surface area (Å²) < 4.78 is 13.1. The van der Waals surface area contributed by atoms with Crippen LogP contribution in [0.4, 0.5) is 4.39 Å². The second-order valence-corrected chi connectivity index (χ2v) is 5.56. The molecule has 2 N–H and O–H groups in total. The van der Waals surface area contributed by atoms with Gasteiger partial charge in [-0.2, -0.15) is 4.39 Å². The first-order chi connectivity index (χ1) is 11.2. The smallest absolute Gasteiger partial charge is 0.229 e. The van der Waals surface area contributed by atoms with Gasteiger partial charge >= 0.3 is 0 Å². The molecule has 23 heavy (non-hydrogen) atoms. The van der Waals surface area contributed by atoms with Crippen molar-refractivity contribution in [2.75, 3.05) is 0 Å². The van der Waals surface area contributed by atoms with Crippen molar-refractivity contribution < 1.29 is 9.18 Å². The van der Waals surface area contributed by atoms with E-state index in [-0.39, 0.29) is 5.91 Å². The van der Waals surface area contributed by atoms with Crippen molar-refractivity contribution in [3.05, 3.63) is 77.9 Å². The Balaban J connectivity index is 2.02. The number of halogens is 1. The highest BCUT2D eigenvalue weighted by Gasteiger charge is 2.33. The molecule has 1 aliphatic carbocycles. The van der Waals surface area contributed by atoms with Crippen LogP contribution >= 0.6 is 0 Å². The van der Waals surface area contributed by atoms with Gasteiger partial charge in [0.2, 0.25) is 11.9 Å². The zero-order valence-corrected chi connectivity index (χ0v) is 12.2. The van der Waals surface area contributed by atoms with E-state index in [1.165, 1.54) is 12.3 Å². The van der Waals surface area contributed by atoms with Crippen LogP contribution in [0.25, 0.3) is 22.3 Å². The standard InChI is InChI=1S/C19H13FN2O/c20-16-9-8-11(10-22-16)12-6-3-7-15-17(12)13-4-1-2-5-14(13)18(15)19(21)23/h1-10,18H,(H2,21,23). The second-order valence-electron chi connectivity index (χ2n) is 5.56. The number of hydrogen-bond donors (Lipinski definition) is 1. The molecule has 1 unspecified atom stereocenters. The van der Waals surface area contributed by atoms with Crippen LogP contribution in [0.1, 0.15) is 17.0 Å². The van der Waals surface area contributed by atoms with Gasteiger partial charge in [0.15, 0.2) is 0 Å². The van der Waals surface area contributed by atoms with Gasteiger partial charge < -0.3 is 5.73 Å². The summed E-state index contributed by atoms with van der Waals surface area (Å²) in [6, 6.07) is 16.5. The maximum atomic E-state index is 13.1. The van der Waals surface area contributed by atoms with Gasteiger partial charge in [-0.25, -0.2) is 4.98 Å². The minimum atomic E-state index is -0.517. The first kappa shape index (κ1) is 13.6. The van der Waals surface area contributed by atoms with E-state index in [9.17, 15) is 9.18 Å². The van der Waals surface area contributed by atoms with Crippen LogP contribution in [0.5, 0.6) is 0 Å². The fraction of sp³-hybridized carbons (Fsp3) is 0.0526. The van der Waals surface area contributed by atoms with Crippen molar-refractivity contribution in [3.8, 4) is 22.3 Å². The van der Waals surface area contributed by atoms with Crippen LogP contribution in [0.3, 0.4) is 0 Å². The SMILES string of the molecule is NC(=O)C1c2ccccc2-c2c(-c3ccc(F)nc3)cccc21. The van der Waals surface area contributed by atoms with Gasteiger partial charge in [-0.15, -0.1) is 0 Å². The summed E-state index contributed by atoms with van der Waals surface area (Å²) in [4.78, 5) is 15.7. The van der Waals surface area contributed by atoms with Gasteiger partial charge in [-0.3, -0.25) is 4.79 Å². The van der Waals surface area contributed by atoms with Crippen LogP contribution < -0.4 is 5.73 Å². The number of carbonyl (C=O) groups is 1. The first-order valence-corrected chi connectivity index (χ1v) is 7.30. The Bertz CT molecular complexity index is 919. The third-order valence-electron chi connectivity index (χ3n) is 4.27. The number of nitrogens with two attached hydrogens (primary N) is 1. The van der Waals surface area contributed by atoms with Crippen LogP contribution in [-0.4, -0.2) is 10.9 Å². The summed E-state index contributed by atoms with van der Waals surface area (Å²) >= 11 is 0. The van der Waals surface area contributed by atoms with Gasteiger partial charge in [-0.05, 0) is 39.9 Å². The van der Waals surface area contributed by atoms with Crippen molar-refractivity contribution in [3.63, 3.8) is 0 Å². The molecule has 1 amide bonds. The largest absolute Gasteiger partial charge is 0.369 e. The van der Waals surface area contributed by atoms with Crippen molar-refractivity contribution >= 4 is 5.91 Å². The Hall–Kier alpha value is -3.01. The Labute approximate surface area is 132 Å². The molecule has 1 heterocycles. The highest BCUT2D eigenvalue weighted by molar-refractivity contribution is 6.00. The number of rotatable bonds is 2. The molecule has 1 aliphatic rings. The number of benzene rings is 2. The van der Waals surface area contributed by atoms with Gasteiger partial charge in [0.25, 0.3) is 0 Å². The third-order valence-corrected chi connectivity index (χ3v) is 4.27. The van der Waals surface area contributed by atoms with Crippen LogP contribution in [0.2, 0.25) is 0 Å². The molecule has 0 saturated heterocycles. The summed E-state index contributed by atoms with van der Waals surface area (Å²) in [5.41, 5.74) is 11.1. The van der Waals surface area contributed by atoms with Gasteiger partial charge in [-0.1, -0.05) is 42.5 Å². The van der Waals surface area contributed by atoms with Gasteiger partial charge in [0.05, 0.1) is 5.92 Å². The van der Waals surface area contributed by atoms with Crippen LogP contribution in [0.15, 0.2) is 60.8 Å². The molecule has 0 radical (unpaired) electrons. The van der Waals surface area contributed by atoms with E-state index in [0.29, 0.717) is 0 Å². The third kappa shape index (κ3) is 2.03. The Morgan fingerprint density at radius 3 is 2.43 bits per heavy atom. The highest BCUT2D eigenvalue weighted by atomic mass is 19.1. The molecule has 0 saturated carbocycles. The molecule has 3 aromatic rings. The molecule has 1 aromatic heterocycles. The maximum absolute atomic E-state index is 13.1. The first-order valence-electron chi connectivity index (χ1n) is 7.30. The molecular weight excluding hydrogens is 291 g/mol. The zero-order chi connectivity index (χ0) is 16.0. The number of primary amides is 1. The Kier molecular flexibility index (Phi) is 2.98. The van der Waals surface area contributed by atoms with Gasteiger partial charge in [0.1, 0.15) is 0 Å². The molecule has 112 valence electrons. The average Bonchev–Trinajstić information content (AvgIpc) is 2.90. The molecule has 0 aliphatic heterocycles.